The molecule has 0 unspecified atom stereocenters. The van der Waals surface area contributed by atoms with E-state index in [1.165, 1.54) is 11.4 Å². The van der Waals surface area contributed by atoms with Crippen LogP contribution >= 0.6 is 11.3 Å². The smallest absolute Gasteiger partial charge is 0.307 e. The first-order valence-electron chi connectivity index (χ1n) is 4.27. The predicted molar refractivity (Wildman–Crippen MR) is 56.0 cm³/mol. The van der Waals surface area contributed by atoms with Gasteiger partial charge in [0.15, 0.2) is 0 Å². The normalized spacial score (nSPS) is 10.9. The number of H-pyrrole nitrogens is 2. The summed E-state index contributed by atoms with van der Waals surface area (Å²) in [5.74, 6) is 0. The number of rotatable bonds is 2. The van der Waals surface area contributed by atoms with Crippen molar-refractivity contribution >= 4 is 11.3 Å². The molecule has 4 nitrogen and oxygen atoms in total. The molecule has 84 valence electrons. The highest BCUT2D eigenvalue weighted by molar-refractivity contribution is 7.10. The molecule has 0 fully saturated rings. The molecule has 0 radical (unpaired) electrons. The van der Waals surface area contributed by atoms with Gasteiger partial charge >= 0.3 is 5.69 Å². The molecule has 0 atom stereocenters. The summed E-state index contributed by atoms with van der Waals surface area (Å²) in [5.41, 5.74) is -0.587. The first-order chi connectivity index (χ1) is 7.56. The summed E-state index contributed by atoms with van der Waals surface area (Å²) in [4.78, 5) is 26.2. The van der Waals surface area contributed by atoms with Crippen molar-refractivity contribution in [3.63, 3.8) is 0 Å². The van der Waals surface area contributed by atoms with E-state index in [4.69, 9.17) is 0 Å². The maximum Gasteiger partial charge on any atom is 0.326 e. The van der Waals surface area contributed by atoms with E-state index in [0.717, 1.165) is 17.4 Å². The van der Waals surface area contributed by atoms with Crippen LogP contribution in [0, 0.1) is 0 Å². The molecule has 0 aliphatic rings. The minimum absolute atomic E-state index is 0.101. The van der Waals surface area contributed by atoms with Gasteiger partial charge in [0, 0.05) is 17.0 Å². The fourth-order valence-corrected chi connectivity index (χ4v) is 1.99. The zero-order chi connectivity index (χ0) is 11.7. The summed E-state index contributed by atoms with van der Waals surface area (Å²) in [5, 5.41) is 1.46. The number of hydrogen-bond acceptors (Lipinski definition) is 3. The van der Waals surface area contributed by atoms with Crippen molar-refractivity contribution < 1.29 is 8.78 Å². The van der Waals surface area contributed by atoms with Crippen molar-refractivity contribution in [3.8, 4) is 11.3 Å². The first-order valence-corrected chi connectivity index (χ1v) is 5.15. The number of hydrogen-bond donors (Lipinski definition) is 2. The standard InChI is InChI=1S/C9H6F2N2O2S/c10-8(11)6-1-4(3-16-6)5-2-7(14)13-9(15)12-5/h1-3,8H,(H2,12,13,14,15). The van der Waals surface area contributed by atoms with Gasteiger partial charge in [0.2, 0.25) is 0 Å². The second kappa shape index (κ2) is 4.01. The van der Waals surface area contributed by atoms with E-state index in [2.05, 4.69) is 4.98 Å². The molecule has 0 saturated carbocycles. The summed E-state index contributed by atoms with van der Waals surface area (Å²) >= 11 is 0.880. The SMILES string of the molecule is O=c1cc(-c2csc(C(F)F)c2)[nH]c(=O)[nH]1. The lowest BCUT2D eigenvalue weighted by Gasteiger charge is -1.95. The average Bonchev–Trinajstić information content (AvgIpc) is 2.64. The summed E-state index contributed by atoms with van der Waals surface area (Å²) in [6, 6.07) is 2.40. The quantitative estimate of drug-likeness (QED) is 0.844. The van der Waals surface area contributed by atoms with Gasteiger partial charge in [0.1, 0.15) is 0 Å². The third kappa shape index (κ3) is 2.08. The Hall–Kier alpha value is -1.76. The molecule has 0 saturated heterocycles. The van der Waals surface area contributed by atoms with Gasteiger partial charge in [-0.25, -0.2) is 13.6 Å². The lowest BCUT2D eigenvalue weighted by atomic mass is 10.2. The molecule has 0 spiro atoms. The first kappa shape index (κ1) is 10.7. The highest BCUT2D eigenvalue weighted by Gasteiger charge is 2.11. The van der Waals surface area contributed by atoms with Crippen LogP contribution in [0.15, 0.2) is 27.1 Å². The van der Waals surface area contributed by atoms with E-state index in [-0.39, 0.29) is 10.6 Å². The van der Waals surface area contributed by atoms with E-state index < -0.39 is 17.7 Å². The number of nitrogens with one attached hydrogen (secondary N) is 2. The molecule has 0 aliphatic heterocycles. The molecule has 0 amide bonds. The van der Waals surface area contributed by atoms with Crippen LogP contribution in [0.1, 0.15) is 11.3 Å². The van der Waals surface area contributed by atoms with Crippen LogP contribution in [0.25, 0.3) is 11.3 Å². The van der Waals surface area contributed by atoms with Gasteiger partial charge in [-0.1, -0.05) is 0 Å². The lowest BCUT2D eigenvalue weighted by Crippen LogP contribution is -2.21. The van der Waals surface area contributed by atoms with Gasteiger partial charge in [-0.2, -0.15) is 0 Å². The highest BCUT2D eigenvalue weighted by atomic mass is 32.1. The average molecular weight is 244 g/mol. The number of thiophene rings is 1. The van der Waals surface area contributed by atoms with E-state index in [0.29, 0.717) is 5.56 Å². The fraction of sp³-hybridized carbons (Fsp3) is 0.111. The summed E-state index contributed by atoms with van der Waals surface area (Å²) < 4.78 is 24.7. The topological polar surface area (TPSA) is 65.7 Å². The maximum absolute atomic E-state index is 12.3. The summed E-state index contributed by atoms with van der Waals surface area (Å²) in [7, 11) is 0. The largest absolute Gasteiger partial charge is 0.326 e. The Labute approximate surface area is 91.6 Å². The fourth-order valence-electron chi connectivity index (χ4n) is 1.23. The third-order valence-corrected chi connectivity index (χ3v) is 2.85. The van der Waals surface area contributed by atoms with Gasteiger partial charge in [-0.05, 0) is 6.07 Å². The van der Waals surface area contributed by atoms with E-state index in [9.17, 15) is 18.4 Å². The van der Waals surface area contributed by atoms with Crippen molar-refractivity contribution in [2.75, 3.05) is 0 Å². The Bertz CT molecular complexity index is 586. The van der Waals surface area contributed by atoms with Crippen LogP contribution in [0.5, 0.6) is 0 Å². The number of halogens is 2. The van der Waals surface area contributed by atoms with Crippen molar-refractivity contribution in [1.82, 2.24) is 9.97 Å². The molecule has 2 N–H and O–H groups in total. The van der Waals surface area contributed by atoms with E-state index in [1.54, 1.807) is 0 Å². The van der Waals surface area contributed by atoms with Gasteiger partial charge in [-0.3, -0.25) is 9.78 Å². The number of aromatic amines is 2. The zero-order valence-corrected chi connectivity index (χ0v) is 8.61. The van der Waals surface area contributed by atoms with Crippen molar-refractivity contribution in [2.24, 2.45) is 0 Å². The van der Waals surface area contributed by atoms with Crippen LogP contribution in [-0.4, -0.2) is 9.97 Å². The van der Waals surface area contributed by atoms with Crippen molar-refractivity contribution in [3.05, 3.63) is 43.2 Å². The third-order valence-electron chi connectivity index (χ3n) is 1.91. The van der Waals surface area contributed by atoms with Gasteiger partial charge in [-0.15, -0.1) is 11.3 Å². The Morgan fingerprint density at radius 2 is 1.94 bits per heavy atom. The Morgan fingerprint density at radius 1 is 1.19 bits per heavy atom. The number of alkyl halides is 2. The molecule has 2 rings (SSSR count). The van der Waals surface area contributed by atoms with E-state index >= 15 is 0 Å². The molecule has 2 aromatic rings. The van der Waals surface area contributed by atoms with Crippen molar-refractivity contribution in [2.45, 2.75) is 6.43 Å². The van der Waals surface area contributed by atoms with Gasteiger partial charge < -0.3 is 4.98 Å². The number of aromatic nitrogens is 2. The van der Waals surface area contributed by atoms with Gasteiger partial charge in [0.05, 0.1) is 10.6 Å². The molecule has 7 heteroatoms. The molecule has 0 bridgehead atoms. The van der Waals surface area contributed by atoms with Crippen LogP contribution in [0.3, 0.4) is 0 Å². The Kier molecular flexibility index (Phi) is 2.69. The van der Waals surface area contributed by atoms with Crippen molar-refractivity contribution in [1.29, 1.82) is 0 Å². The van der Waals surface area contributed by atoms with Crippen LogP contribution in [-0.2, 0) is 0 Å². The maximum atomic E-state index is 12.3. The summed E-state index contributed by atoms with van der Waals surface area (Å²) in [6.07, 6.45) is -2.55. The van der Waals surface area contributed by atoms with Gasteiger partial charge in [0.25, 0.3) is 12.0 Å². The molecule has 2 aromatic heterocycles. The van der Waals surface area contributed by atoms with Crippen LogP contribution in [0.2, 0.25) is 0 Å². The Morgan fingerprint density at radius 3 is 2.50 bits per heavy atom. The second-order valence-corrected chi connectivity index (χ2v) is 3.98. The molecular formula is C9H6F2N2O2S. The highest BCUT2D eigenvalue weighted by Crippen LogP contribution is 2.29. The summed E-state index contributed by atoms with van der Waals surface area (Å²) in [6.45, 7) is 0. The molecule has 0 aliphatic carbocycles. The zero-order valence-electron chi connectivity index (χ0n) is 7.79. The van der Waals surface area contributed by atoms with Crippen LogP contribution < -0.4 is 11.2 Å². The molecule has 0 aromatic carbocycles. The molecule has 2 heterocycles. The Balaban J connectivity index is 2.50. The molecular weight excluding hydrogens is 238 g/mol. The van der Waals surface area contributed by atoms with E-state index in [1.807, 2.05) is 4.98 Å². The second-order valence-electron chi connectivity index (χ2n) is 3.04. The predicted octanol–water partition coefficient (Wildman–Crippen LogP) is 1.73. The molecule has 16 heavy (non-hydrogen) atoms. The van der Waals surface area contributed by atoms with Crippen LogP contribution in [0.4, 0.5) is 8.78 Å². The monoisotopic (exact) mass is 244 g/mol. The lowest BCUT2D eigenvalue weighted by molar-refractivity contribution is 0.155. The minimum atomic E-state index is -2.55. The minimum Gasteiger partial charge on any atom is -0.307 e.